The third kappa shape index (κ3) is 2.99. The first-order valence-corrected chi connectivity index (χ1v) is 13.0. The van der Waals surface area contributed by atoms with E-state index in [0.29, 0.717) is 0 Å². The Morgan fingerprint density at radius 1 is 0.656 bits per heavy atom. The van der Waals surface area contributed by atoms with Crippen molar-refractivity contribution in [3.63, 3.8) is 0 Å². The van der Waals surface area contributed by atoms with E-state index in [0.717, 1.165) is 24.5 Å². The maximum Gasteiger partial charge on any atom is 0.0283 e. The van der Waals surface area contributed by atoms with Crippen molar-refractivity contribution in [3.8, 4) is 0 Å². The molecule has 0 spiro atoms. The van der Waals surface area contributed by atoms with Crippen molar-refractivity contribution >= 4 is 32.3 Å². The Kier molecular flexibility index (Phi) is 4.66. The molecule has 1 saturated carbocycles. The maximum absolute atomic E-state index is 2.91. The fraction of sp³-hybridized carbons (Fsp3) is 0.467. The smallest absolute Gasteiger partial charge is 0.0283 e. The number of rotatable bonds is 3. The molecule has 0 aromatic heterocycles. The van der Waals surface area contributed by atoms with Crippen molar-refractivity contribution in [2.75, 3.05) is 19.6 Å². The van der Waals surface area contributed by atoms with Gasteiger partial charge in [-0.1, -0.05) is 73.9 Å². The van der Waals surface area contributed by atoms with Crippen LogP contribution < -0.4 is 0 Å². The van der Waals surface area contributed by atoms with Crippen LogP contribution in [0.1, 0.15) is 50.5 Å². The Balaban J connectivity index is 1.31. The number of nitrogens with zero attached hydrogens (tertiary/aromatic N) is 2. The van der Waals surface area contributed by atoms with Gasteiger partial charge in [-0.2, -0.15) is 0 Å². The van der Waals surface area contributed by atoms with Gasteiger partial charge in [0.1, 0.15) is 0 Å². The van der Waals surface area contributed by atoms with E-state index < -0.39 is 0 Å². The van der Waals surface area contributed by atoms with E-state index in [2.05, 4.69) is 64.4 Å². The minimum atomic E-state index is 0.755. The molecule has 2 heteroatoms. The van der Waals surface area contributed by atoms with Gasteiger partial charge >= 0.3 is 0 Å². The Morgan fingerprint density at radius 2 is 1.41 bits per heavy atom. The summed E-state index contributed by atoms with van der Waals surface area (Å²) in [5.74, 6) is 0.898. The van der Waals surface area contributed by atoms with Crippen LogP contribution in [0, 0.1) is 5.92 Å². The van der Waals surface area contributed by atoms with Crippen LogP contribution in [-0.2, 0) is 6.54 Å². The van der Waals surface area contributed by atoms with Crippen molar-refractivity contribution in [2.24, 2.45) is 5.92 Å². The zero-order valence-electron chi connectivity index (χ0n) is 19.1. The Morgan fingerprint density at radius 3 is 2.25 bits per heavy atom. The predicted octanol–water partition coefficient (Wildman–Crippen LogP) is 6.81. The van der Waals surface area contributed by atoms with Crippen molar-refractivity contribution in [1.82, 2.24) is 9.80 Å². The molecule has 2 unspecified atom stereocenters. The standard InChI is InChI=1S/C30H34N2/c1-2-6-24(7-3-1)30-27-10-5-17-31(27)18-19-32(30)20-25-14-13-23-12-11-21-8-4-9-22-15-16-26(25)29(23)28(21)22/h4,8-9,11-16,24,27,30H,1-3,5-7,10,17-20H2. The monoisotopic (exact) mass is 422 g/mol. The number of benzene rings is 4. The van der Waals surface area contributed by atoms with Crippen molar-refractivity contribution < 1.29 is 0 Å². The molecule has 1 aliphatic carbocycles. The highest BCUT2D eigenvalue weighted by molar-refractivity contribution is 6.23. The molecule has 7 rings (SSSR count). The molecular weight excluding hydrogens is 388 g/mol. The van der Waals surface area contributed by atoms with Crippen LogP contribution in [0.2, 0.25) is 0 Å². The Bertz CT molecular complexity index is 1240. The van der Waals surface area contributed by atoms with Gasteiger partial charge in [-0.25, -0.2) is 0 Å². The van der Waals surface area contributed by atoms with Gasteiger partial charge in [0.2, 0.25) is 0 Å². The summed E-state index contributed by atoms with van der Waals surface area (Å²) in [6.07, 6.45) is 10.1. The van der Waals surface area contributed by atoms with Gasteiger partial charge in [0.25, 0.3) is 0 Å². The molecule has 0 amide bonds. The maximum atomic E-state index is 2.91. The second kappa shape index (κ2) is 7.71. The summed E-state index contributed by atoms with van der Waals surface area (Å²) in [4.78, 5) is 5.74. The predicted molar refractivity (Wildman–Crippen MR) is 136 cm³/mol. The Labute approximate surface area is 191 Å². The molecular formula is C30H34N2. The quantitative estimate of drug-likeness (QED) is 0.335. The topological polar surface area (TPSA) is 6.48 Å². The summed E-state index contributed by atoms with van der Waals surface area (Å²) in [5, 5.41) is 8.54. The number of piperazine rings is 1. The zero-order chi connectivity index (χ0) is 21.1. The fourth-order valence-corrected chi connectivity index (χ4v) is 7.59. The van der Waals surface area contributed by atoms with Gasteiger partial charge in [0.15, 0.2) is 0 Å². The SMILES string of the molecule is c1cc2ccc3ccc(CN4CCN5CCCC5C4C4CCCCC4)c4ccc(c1)c2c34. The second-order valence-corrected chi connectivity index (χ2v) is 10.7. The van der Waals surface area contributed by atoms with Crippen LogP contribution >= 0.6 is 0 Å². The number of hydrogen-bond acceptors (Lipinski definition) is 2. The van der Waals surface area contributed by atoms with E-state index in [1.54, 1.807) is 0 Å². The second-order valence-electron chi connectivity index (χ2n) is 10.7. The molecule has 164 valence electrons. The lowest BCUT2D eigenvalue weighted by atomic mass is 9.78. The molecule has 2 saturated heterocycles. The summed E-state index contributed by atoms with van der Waals surface area (Å²) >= 11 is 0. The highest BCUT2D eigenvalue weighted by atomic mass is 15.3. The van der Waals surface area contributed by atoms with Gasteiger partial charge in [-0.3, -0.25) is 9.80 Å². The van der Waals surface area contributed by atoms with E-state index in [4.69, 9.17) is 0 Å². The molecule has 2 aliphatic heterocycles. The van der Waals surface area contributed by atoms with Gasteiger partial charge in [-0.05, 0) is 76.0 Å². The minimum absolute atomic E-state index is 0.755. The molecule has 2 nitrogen and oxygen atoms in total. The van der Waals surface area contributed by atoms with Crippen LogP contribution in [0.15, 0.2) is 54.6 Å². The average molecular weight is 423 g/mol. The molecule has 32 heavy (non-hydrogen) atoms. The Hall–Kier alpha value is -2.16. The molecule has 3 aliphatic rings. The lowest BCUT2D eigenvalue weighted by Gasteiger charge is -2.49. The van der Waals surface area contributed by atoms with Crippen molar-refractivity contribution in [1.29, 1.82) is 0 Å². The summed E-state index contributed by atoms with van der Waals surface area (Å²) in [7, 11) is 0. The molecule has 0 N–H and O–H groups in total. The highest BCUT2D eigenvalue weighted by Crippen LogP contribution is 2.40. The largest absolute Gasteiger partial charge is 0.298 e. The first kappa shape index (κ1) is 19.3. The summed E-state index contributed by atoms with van der Waals surface area (Å²) in [6, 6.07) is 22.5. The fourth-order valence-electron chi connectivity index (χ4n) is 7.59. The number of hydrogen-bond donors (Lipinski definition) is 0. The van der Waals surface area contributed by atoms with E-state index in [-0.39, 0.29) is 0 Å². The lowest BCUT2D eigenvalue weighted by molar-refractivity contribution is -0.00357. The van der Waals surface area contributed by atoms with Gasteiger partial charge < -0.3 is 0 Å². The van der Waals surface area contributed by atoms with Crippen LogP contribution in [0.5, 0.6) is 0 Å². The summed E-state index contributed by atoms with van der Waals surface area (Å²) < 4.78 is 0. The van der Waals surface area contributed by atoms with E-state index >= 15 is 0 Å². The molecule has 0 radical (unpaired) electrons. The molecule has 4 aromatic rings. The average Bonchev–Trinajstić information content (AvgIpc) is 3.33. The van der Waals surface area contributed by atoms with E-state index in [1.165, 1.54) is 102 Å². The van der Waals surface area contributed by atoms with Crippen LogP contribution in [0.3, 0.4) is 0 Å². The van der Waals surface area contributed by atoms with Crippen LogP contribution in [0.4, 0.5) is 0 Å². The molecule has 0 bridgehead atoms. The highest BCUT2D eigenvalue weighted by Gasteiger charge is 2.43. The summed E-state index contributed by atoms with van der Waals surface area (Å²) in [6.45, 7) is 4.94. The third-order valence-electron chi connectivity index (χ3n) is 9.03. The van der Waals surface area contributed by atoms with E-state index in [1.807, 2.05) is 0 Å². The summed E-state index contributed by atoms with van der Waals surface area (Å²) in [5.41, 5.74) is 1.53. The zero-order valence-corrected chi connectivity index (χ0v) is 19.1. The van der Waals surface area contributed by atoms with Crippen LogP contribution in [-0.4, -0.2) is 41.5 Å². The van der Waals surface area contributed by atoms with Gasteiger partial charge in [0, 0.05) is 31.7 Å². The molecule has 3 fully saturated rings. The van der Waals surface area contributed by atoms with Crippen molar-refractivity contribution in [3.05, 3.63) is 60.2 Å². The first-order chi connectivity index (χ1) is 15.9. The molecule has 2 heterocycles. The first-order valence-electron chi connectivity index (χ1n) is 13.0. The molecule has 4 aromatic carbocycles. The van der Waals surface area contributed by atoms with Crippen LogP contribution in [0.25, 0.3) is 32.3 Å². The number of fused-ring (bicyclic) bond motifs is 1. The molecule has 2 atom stereocenters. The normalized spacial score (nSPS) is 25.9. The third-order valence-corrected chi connectivity index (χ3v) is 9.03. The van der Waals surface area contributed by atoms with Crippen molar-refractivity contribution in [2.45, 2.75) is 63.6 Å². The van der Waals surface area contributed by atoms with E-state index in [9.17, 15) is 0 Å². The lowest BCUT2D eigenvalue weighted by Crippen LogP contribution is -2.59. The minimum Gasteiger partial charge on any atom is -0.298 e. The van der Waals surface area contributed by atoms with Gasteiger partial charge in [-0.15, -0.1) is 0 Å². The van der Waals surface area contributed by atoms with Gasteiger partial charge in [0.05, 0.1) is 0 Å².